The van der Waals surface area contributed by atoms with E-state index in [2.05, 4.69) is 6.92 Å². The van der Waals surface area contributed by atoms with Gasteiger partial charge in [0.25, 0.3) is 5.91 Å². The maximum Gasteiger partial charge on any atom is 0.270 e. The first kappa shape index (κ1) is 17.3. The number of ether oxygens (including phenoxy) is 1. The maximum absolute atomic E-state index is 12.6. The Balaban J connectivity index is 2.09. The summed E-state index contributed by atoms with van der Waals surface area (Å²) in [6, 6.07) is 7.46. The van der Waals surface area contributed by atoms with Gasteiger partial charge in [0.05, 0.1) is 5.69 Å². The van der Waals surface area contributed by atoms with Gasteiger partial charge in [0.2, 0.25) is 5.91 Å². The molecule has 0 aliphatic carbocycles. The highest BCUT2D eigenvalue weighted by Crippen LogP contribution is 2.37. The van der Waals surface area contributed by atoms with Crippen LogP contribution in [0.15, 0.2) is 24.3 Å². The van der Waals surface area contributed by atoms with Gasteiger partial charge in [-0.25, -0.2) is 0 Å². The Labute approximate surface area is 138 Å². The number of unbranched alkanes of at least 4 members (excludes halogenated alkanes) is 1. The molecule has 0 aromatic heterocycles. The monoisotopic (exact) mass is 318 g/mol. The number of anilines is 1. The number of nitrogens with zero attached hydrogens (tertiary/aromatic N) is 2. The maximum atomic E-state index is 12.6. The average molecular weight is 318 g/mol. The fourth-order valence-electron chi connectivity index (χ4n) is 2.66. The van der Waals surface area contributed by atoms with Gasteiger partial charge in [-0.3, -0.25) is 9.59 Å². The van der Waals surface area contributed by atoms with Crippen LogP contribution in [0.2, 0.25) is 0 Å². The molecule has 0 spiro atoms. The quantitative estimate of drug-likeness (QED) is 0.810. The zero-order valence-corrected chi connectivity index (χ0v) is 14.5. The predicted molar refractivity (Wildman–Crippen MR) is 90.7 cm³/mol. The summed E-state index contributed by atoms with van der Waals surface area (Å²) < 4.78 is 5.78. The van der Waals surface area contributed by atoms with Crippen molar-refractivity contribution in [1.29, 1.82) is 0 Å². The minimum Gasteiger partial charge on any atom is -0.476 e. The fourth-order valence-corrected chi connectivity index (χ4v) is 2.66. The van der Waals surface area contributed by atoms with E-state index >= 15 is 0 Å². The SMILES string of the molecule is CCCCN(C)C(=O)CCN1C(=O)C(C)(C)Oc2ccccc21. The summed E-state index contributed by atoms with van der Waals surface area (Å²) in [5, 5.41) is 0. The topological polar surface area (TPSA) is 49.9 Å². The molecule has 1 aromatic carbocycles. The molecule has 1 aliphatic rings. The van der Waals surface area contributed by atoms with Crippen molar-refractivity contribution in [3.05, 3.63) is 24.3 Å². The van der Waals surface area contributed by atoms with Gasteiger partial charge in [0.1, 0.15) is 5.75 Å². The molecule has 5 nitrogen and oxygen atoms in total. The number of amides is 2. The molecule has 0 atom stereocenters. The van der Waals surface area contributed by atoms with Crippen LogP contribution in [0, 0.1) is 0 Å². The highest BCUT2D eigenvalue weighted by atomic mass is 16.5. The van der Waals surface area contributed by atoms with Crippen LogP contribution in [0.3, 0.4) is 0 Å². The van der Waals surface area contributed by atoms with Crippen LogP contribution in [0.1, 0.15) is 40.0 Å². The number of fused-ring (bicyclic) bond motifs is 1. The first-order valence-corrected chi connectivity index (χ1v) is 8.20. The van der Waals surface area contributed by atoms with Crippen molar-refractivity contribution in [3.8, 4) is 5.75 Å². The van der Waals surface area contributed by atoms with E-state index < -0.39 is 5.60 Å². The average Bonchev–Trinajstić information content (AvgIpc) is 2.52. The predicted octanol–water partition coefficient (Wildman–Crippen LogP) is 2.84. The molecule has 1 heterocycles. The van der Waals surface area contributed by atoms with Crippen molar-refractivity contribution in [2.24, 2.45) is 0 Å². The second-order valence-corrected chi connectivity index (χ2v) is 6.46. The third kappa shape index (κ3) is 3.84. The van der Waals surface area contributed by atoms with Gasteiger partial charge in [0.15, 0.2) is 5.60 Å². The standard InChI is InChI=1S/C18H26N2O3/c1-5-6-12-19(4)16(21)11-13-20-14-9-7-8-10-15(14)23-18(2,3)17(20)22/h7-10H,5-6,11-13H2,1-4H3. The molecule has 0 N–H and O–H groups in total. The van der Waals surface area contributed by atoms with Gasteiger partial charge in [0, 0.05) is 26.6 Å². The number of carbonyl (C=O) groups is 2. The number of carbonyl (C=O) groups excluding carboxylic acids is 2. The lowest BCUT2D eigenvalue weighted by atomic mass is 10.0. The Morgan fingerprint density at radius 2 is 2.00 bits per heavy atom. The largest absolute Gasteiger partial charge is 0.476 e. The molecule has 5 heteroatoms. The van der Waals surface area contributed by atoms with Crippen molar-refractivity contribution in [1.82, 2.24) is 4.90 Å². The van der Waals surface area contributed by atoms with Crippen molar-refractivity contribution >= 4 is 17.5 Å². The van der Waals surface area contributed by atoms with Crippen LogP contribution in [-0.2, 0) is 9.59 Å². The number of hydrogen-bond acceptors (Lipinski definition) is 3. The van der Waals surface area contributed by atoms with Crippen LogP contribution >= 0.6 is 0 Å². The summed E-state index contributed by atoms with van der Waals surface area (Å²) >= 11 is 0. The number of hydrogen-bond donors (Lipinski definition) is 0. The Morgan fingerprint density at radius 1 is 1.30 bits per heavy atom. The van der Waals surface area contributed by atoms with Gasteiger partial charge < -0.3 is 14.5 Å². The van der Waals surface area contributed by atoms with E-state index in [1.54, 1.807) is 23.6 Å². The van der Waals surface area contributed by atoms with E-state index in [9.17, 15) is 9.59 Å². The molecule has 2 amide bonds. The molecule has 0 bridgehead atoms. The molecule has 0 fully saturated rings. The highest BCUT2D eigenvalue weighted by molar-refractivity contribution is 6.02. The second kappa shape index (κ2) is 7.02. The number of para-hydroxylation sites is 2. The Morgan fingerprint density at radius 3 is 2.70 bits per heavy atom. The van der Waals surface area contributed by atoms with Crippen LogP contribution in [0.5, 0.6) is 5.75 Å². The number of benzene rings is 1. The Hall–Kier alpha value is -2.04. The van der Waals surface area contributed by atoms with E-state index in [1.807, 2.05) is 31.3 Å². The van der Waals surface area contributed by atoms with Crippen molar-refractivity contribution in [2.45, 2.75) is 45.6 Å². The zero-order chi connectivity index (χ0) is 17.0. The van der Waals surface area contributed by atoms with Crippen LogP contribution < -0.4 is 9.64 Å². The summed E-state index contributed by atoms with van der Waals surface area (Å²) in [7, 11) is 1.82. The molecule has 0 radical (unpaired) electrons. The summed E-state index contributed by atoms with van der Waals surface area (Å²) in [4.78, 5) is 28.3. The minimum absolute atomic E-state index is 0.0630. The smallest absolute Gasteiger partial charge is 0.270 e. The van der Waals surface area contributed by atoms with Gasteiger partial charge in [-0.05, 0) is 32.4 Å². The lowest BCUT2D eigenvalue weighted by Gasteiger charge is -2.38. The summed E-state index contributed by atoms with van der Waals surface area (Å²) in [6.07, 6.45) is 2.37. The second-order valence-electron chi connectivity index (χ2n) is 6.46. The van der Waals surface area contributed by atoms with Crippen molar-refractivity contribution in [3.63, 3.8) is 0 Å². The molecule has 2 rings (SSSR count). The van der Waals surface area contributed by atoms with Crippen LogP contribution in [-0.4, -0.2) is 42.5 Å². The van der Waals surface area contributed by atoms with Crippen LogP contribution in [0.4, 0.5) is 5.69 Å². The number of rotatable bonds is 6. The summed E-state index contributed by atoms with van der Waals surface area (Å²) in [5.41, 5.74) is -0.174. The summed E-state index contributed by atoms with van der Waals surface area (Å²) in [6.45, 7) is 6.75. The highest BCUT2D eigenvalue weighted by Gasteiger charge is 2.40. The zero-order valence-electron chi connectivity index (χ0n) is 14.5. The van der Waals surface area contributed by atoms with Gasteiger partial charge in [-0.15, -0.1) is 0 Å². The van der Waals surface area contributed by atoms with E-state index in [-0.39, 0.29) is 11.8 Å². The third-order valence-electron chi connectivity index (χ3n) is 4.10. The van der Waals surface area contributed by atoms with E-state index in [1.165, 1.54) is 0 Å². The van der Waals surface area contributed by atoms with Gasteiger partial charge in [-0.2, -0.15) is 0 Å². The van der Waals surface area contributed by atoms with Crippen molar-refractivity contribution < 1.29 is 14.3 Å². The summed E-state index contributed by atoms with van der Waals surface area (Å²) in [5.74, 6) is 0.636. The molecule has 0 saturated heterocycles. The Bertz CT molecular complexity index is 583. The van der Waals surface area contributed by atoms with Crippen molar-refractivity contribution in [2.75, 3.05) is 25.0 Å². The molecule has 1 aliphatic heterocycles. The molecule has 0 saturated carbocycles. The fraction of sp³-hybridized carbons (Fsp3) is 0.556. The molecular formula is C18H26N2O3. The third-order valence-corrected chi connectivity index (χ3v) is 4.10. The normalized spacial score (nSPS) is 15.8. The molecule has 126 valence electrons. The molecular weight excluding hydrogens is 292 g/mol. The molecule has 1 aromatic rings. The van der Waals surface area contributed by atoms with Gasteiger partial charge >= 0.3 is 0 Å². The van der Waals surface area contributed by atoms with E-state index in [0.717, 1.165) is 25.1 Å². The first-order valence-electron chi connectivity index (χ1n) is 8.20. The van der Waals surface area contributed by atoms with E-state index in [4.69, 9.17) is 4.74 Å². The first-order chi connectivity index (χ1) is 10.9. The lowest BCUT2D eigenvalue weighted by molar-refractivity contribution is -0.133. The van der Waals surface area contributed by atoms with Gasteiger partial charge in [-0.1, -0.05) is 25.5 Å². The van der Waals surface area contributed by atoms with Crippen LogP contribution in [0.25, 0.3) is 0 Å². The Kier molecular flexibility index (Phi) is 5.29. The molecule has 0 unspecified atom stereocenters. The minimum atomic E-state index is -0.911. The lowest BCUT2D eigenvalue weighted by Crippen LogP contribution is -2.53. The molecule has 23 heavy (non-hydrogen) atoms. The van der Waals surface area contributed by atoms with E-state index in [0.29, 0.717) is 18.7 Å².